The topological polar surface area (TPSA) is 32.8 Å². The summed E-state index contributed by atoms with van der Waals surface area (Å²) in [5, 5.41) is 0. The summed E-state index contributed by atoms with van der Waals surface area (Å²) in [4.78, 5) is 16.7. The monoisotopic (exact) mass is 306 g/mol. The lowest BCUT2D eigenvalue weighted by atomic mass is 10.1. The molecule has 0 N–H and O–H groups in total. The Balaban J connectivity index is 1.81. The highest BCUT2D eigenvalue weighted by Gasteiger charge is 2.42. The third kappa shape index (κ3) is 2.82. The number of likely N-dealkylation sites (N-methyl/N-ethyl adjacent to an activating group) is 1. The Morgan fingerprint density at radius 1 is 1.36 bits per heavy atom. The van der Waals surface area contributed by atoms with E-state index in [4.69, 9.17) is 4.74 Å². The quantitative estimate of drug-likeness (QED) is 0.859. The molecule has 1 aromatic carbocycles. The summed E-state index contributed by atoms with van der Waals surface area (Å²) in [6.45, 7) is 7.02. The molecule has 0 spiro atoms. The number of hydrogen-bond donors (Lipinski definition) is 0. The number of fused-ring (bicyclic) bond motifs is 2. The summed E-state index contributed by atoms with van der Waals surface area (Å²) in [6, 6.07) is 4.17. The Labute approximate surface area is 130 Å². The van der Waals surface area contributed by atoms with Crippen molar-refractivity contribution in [2.75, 3.05) is 26.7 Å². The van der Waals surface area contributed by atoms with Gasteiger partial charge in [0.05, 0.1) is 11.6 Å². The molecule has 2 heterocycles. The first kappa shape index (κ1) is 15.3. The smallest absolute Gasteiger partial charge is 0.257 e. The van der Waals surface area contributed by atoms with Crippen LogP contribution < -0.4 is 4.74 Å². The van der Waals surface area contributed by atoms with Crippen LogP contribution in [0.3, 0.4) is 0 Å². The molecule has 1 amide bonds. The molecule has 1 aromatic rings. The Hall–Kier alpha value is -1.62. The van der Waals surface area contributed by atoms with Gasteiger partial charge in [0, 0.05) is 26.2 Å². The lowest BCUT2D eigenvalue weighted by Crippen LogP contribution is -2.44. The fourth-order valence-corrected chi connectivity index (χ4v) is 3.22. The molecule has 0 aliphatic carbocycles. The second-order valence-corrected chi connectivity index (χ2v) is 6.72. The summed E-state index contributed by atoms with van der Waals surface area (Å²) in [5.74, 6) is 0.561. The summed E-state index contributed by atoms with van der Waals surface area (Å²) < 4.78 is 19.5. The molecule has 120 valence electrons. The first-order chi connectivity index (χ1) is 10.5. The number of rotatable bonds is 3. The highest BCUT2D eigenvalue weighted by molar-refractivity contribution is 5.97. The molecule has 0 radical (unpaired) electrons. The number of carbonyl (C=O) groups excluding carboxylic acids is 1. The van der Waals surface area contributed by atoms with Crippen LogP contribution in [0, 0.1) is 11.7 Å². The van der Waals surface area contributed by atoms with E-state index < -0.39 is 0 Å². The molecule has 22 heavy (non-hydrogen) atoms. The maximum absolute atomic E-state index is 13.5. The lowest BCUT2D eigenvalue weighted by Gasteiger charge is -2.25. The van der Waals surface area contributed by atoms with Crippen molar-refractivity contribution in [3.8, 4) is 5.75 Å². The molecule has 2 aliphatic rings. The van der Waals surface area contributed by atoms with Crippen molar-refractivity contribution in [1.82, 2.24) is 9.80 Å². The van der Waals surface area contributed by atoms with Gasteiger partial charge in [0.2, 0.25) is 0 Å². The van der Waals surface area contributed by atoms with E-state index in [1.165, 1.54) is 18.2 Å². The van der Waals surface area contributed by atoms with Gasteiger partial charge in [-0.2, -0.15) is 0 Å². The van der Waals surface area contributed by atoms with Crippen LogP contribution in [0.5, 0.6) is 5.75 Å². The van der Waals surface area contributed by atoms with Gasteiger partial charge in [-0.05, 0) is 31.0 Å². The van der Waals surface area contributed by atoms with E-state index in [2.05, 4.69) is 18.7 Å². The lowest BCUT2D eigenvalue weighted by molar-refractivity contribution is 0.0682. The normalized spacial score (nSPS) is 25.0. The van der Waals surface area contributed by atoms with E-state index in [0.29, 0.717) is 17.2 Å². The van der Waals surface area contributed by atoms with Crippen molar-refractivity contribution >= 4 is 5.91 Å². The third-order valence-electron chi connectivity index (χ3n) is 4.61. The molecular weight excluding hydrogens is 283 g/mol. The van der Waals surface area contributed by atoms with E-state index in [9.17, 15) is 9.18 Å². The molecule has 0 unspecified atom stereocenters. The average Bonchev–Trinajstić information content (AvgIpc) is 2.83. The fraction of sp³-hybridized carbons (Fsp3) is 0.588. The maximum atomic E-state index is 13.5. The number of ether oxygens (including phenoxy) is 1. The van der Waals surface area contributed by atoms with Gasteiger partial charge in [-0.25, -0.2) is 4.39 Å². The van der Waals surface area contributed by atoms with E-state index in [0.717, 1.165) is 26.1 Å². The fourth-order valence-electron chi connectivity index (χ4n) is 3.22. The molecular formula is C17H23FN2O2. The van der Waals surface area contributed by atoms with Gasteiger partial charge in [-0.1, -0.05) is 13.8 Å². The van der Waals surface area contributed by atoms with Gasteiger partial charge >= 0.3 is 0 Å². The van der Waals surface area contributed by atoms with Crippen LogP contribution in [0.25, 0.3) is 0 Å². The highest BCUT2D eigenvalue weighted by Crippen LogP contribution is 2.31. The molecule has 3 rings (SSSR count). The minimum Gasteiger partial charge on any atom is -0.486 e. The minimum absolute atomic E-state index is 0.0233. The summed E-state index contributed by atoms with van der Waals surface area (Å²) >= 11 is 0. The zero-order chi connectivity index (χ0) is 15.9. The molecule has 2 aliphatic heterocycles. The van der Waals surface area contributed by atoms with E-state index >= 15 is 0 Å². The zero-order valence-electron chi connectivity index (χ0n) is 13.4. The maximum Gasteiger partial charge on any atom is 0.257 e. The average molecular weight is 306 g/mol. The van der Waals surface area contributed by atoms with Crippen molar-refractivity contribution in [3.63, 3.8) is 0 Å². The number of nitrogens with zero attached hydrogens (tertiary/aromatic N) is 2. The molecule has 0 bridgehead atoms. The largest absolute Gasteiger partial charge is 0.486 e. The molecule has 1 fully saturated rings. The van der Waals surface area contributed by atoms with Crippen molar-refractivity contribution in [1.29, 1.82) is 0 Å². The first-order valence-corrected chi connectivity index (χ1v) is 7.91. The Morgan fingerprint density at radius 3 is 2.86 bits per heavy atom. The van der Waals surface area contributed by atoms with Crippen molar-refractivity contribution in [2.45, 2.75) is 32.4 Å². The SMILES string of the molecule is CC(C)CCN1C[C@@H]2Oc3cc(F)ccc3C(=O)N(C)[C@@H]2C1. The number of carbonyl (C=O) groups is 1. The minimum atomic E-state index is -0.373. The molecule has 0 aromatic heterocycles. The molecule has 2 atom stereocenters. The summed E-state index contributed by atoms with van der Waals surface area (Å²) in [5.41, 5.74) is 0.451. The van der Waals surface area contributed by atoms with Gasteiger partial charge in [0.15, 0.2) is 0 Å². The molecule has 4 nitrogen and oxygen atoms in total. The summed E-state index contributed by atoms with van der Waals surface area (Å²) in [7, 11) is 1.81. The van der Waals surface area contributed by atoms with Crippen LogP contribution in [-0.2, 0) is 0 Å². The van der Waals surface area contributed by atoms with Gasteiger partial charge < -0.3 is 9.64 Å². The summed E-state index contributed by atoms with van der Waals surface area (Å²) in [6.07, 6.45) is 1.03. The number of amides is 1. The van der Waals surface area contributed by atoms with Crippen LogP contribution in [0.2, 0.25) is 0 Å². The number of benzene rings is 1. The van der Waals surface area contributed by atoms with Gasteiger partial charge in [-0.3, -0.25) is 9.69 Å². The van der Waals surface area contributed by atoms with Crippen molar-refractivity contribution in [3.05, 3.63) is 29.6 Å². The number of likely N-dealkylation sites (tertiary alicyclic amines) is 1. The van der Waals surface area contributed by atoms with Gasteiger partial charge in [0.25, 0.3) is 5.91 Å². The zero-order valence-corrected chi connectivity index (χ0v) is 13.4. The Kier molecular flexibility index (Phi) is 4.08. The number of hydrogen-bond acceptors (Lipinski definition) is 3. The van der Waals surface area contributed by atoms with E-state index in [1.807, 2.05) is 7.05 Å². The third-order valence-corrected chi connectivity index (χ3v) is 4.61. The Bertz CT molecular complexity index is 576. The Morgan fingerprint density at radius 2 is 2.14 bits per heavy atom. The van der Waals surface area contributed by atoms with Crippen LogP contribution >= 0.6 is 0 Å². The van der Waals surface area contributed by atoms with Crippen LogP contribution in [-0.4, -0.2) is 54.5 Å². The van der Waals surface area contributed by atoms with E-state index in [1.54, 1.807) is 4.90 Å². The second kappa shape index (κ2) is 5.88. The first-order valence-electron chi connectivity index (χ1n) is 7.91. The van der Waals surface area contributed by atoms with Crippen LogP contribution in [0.4, 0.5) is 4.39 Å². The predicted molar refractivity (Wildman–Crippen MR) is 82.6 cm³/mol. The predicted octanol–water partition coefficient (Wildman–Crippen LogP) is 2.39. The van der Waals surface area contributed by atoms with E-state index in [-0.39, 0.29) is 23.9 Å². The molecule has 5 heteroatoms. The van der Waals surface area contributed by atoms with Crippen LogP contribution in [0.15, 0.2) is 18.2 Å². The van der Waals surface area contributed by atoms with Crippen molar-refractivity contribution in [2.24, 2.45) is 5.92 Å². The van der Waals surface area contributed by atoms with Crippen molar-refractivity contribution < 1.29 is 13.9 Å². The standard InChI is InChI=1S/C17H23FN2O2/c1-11(2)6-7-20-9-14-16(10-20)22-15-8-12(18)4-5-13(15)17(21)19(14)3/h4-5,8,11,14,16H,6-7,9-10H2,1-3H3/t14-,16+/m1/s1. The molecule has 1 saturated heterocycles. The second-order valence-electron chi connectivity index (χ2n) is 6.72. The van der Waals surface area contributed by atoms with Gasteiger partial charge in [0.1, 0.15) is 17.7 Å². The highest BCUT2D eigenvalue weighted by atomic mass is 19.1. The molecule has 0 saturated carbocycles. The number of halogens is 1. The van der Waals surface area contributed by atoms with Gasteiger partial charge in [-0.15, -0.1) is 0 Å². The van der Waals surface area contributed by atoms with Crippen LogP contribution in [0.1, 0.15) is 30.6 Å².